The average molecular weight is 338 g/mol. The van der Waals surface area contributed by atoms with Gasteiger partial charge in [-0.2, -0.15) is 0 Å². The molecule has 0 aromatic rings. The third-order valence-electron chi connectivity index (χ3n) is 5.71. The number of carbonyl (C=O) groups is 2. The summed E-state index contributed by atoms with van der Waals surface area (Å²) < 4.78 is 22.4. The first-order valence-electron chi connectivity index (χ1n) is 8.28. The lowest BCUT2D eigenvalue weighted by atomic mass is 9.82. The lowest BCUT2D eigenvalue weighted by Gasteiger charge is -2.31. The van der Waals surface area contributed by atoms with Crippen molar-refractivity contribution in [2.24, 2.45) is 0 Å². The van der Waals surface area contributed by atoms with E-state index in [1.54, 1.807) is 6.92 Å². The number of carbonyl (C=O) groups excluding carboxylic acids is 2. The van der Waals surface area contributed by atoms with Crippen molar-refractivity contribution in [1.29, 1.82) is 0 Å². The van der Waals surface area contributed by atoms with Gasteiger partial charge in [-0.15, -0.1) is 0 Å². The van der Waals surface area contributed by atoms with Gasteiger partial charge in [-0.1, -0.05) is 0 Å². The van der Waals surface area contributed by atoms with Crippen molar-refractivity contribution in [1.82, 2.24) is 0 Å². The Hall–Kier alpha value is -1.44. The monoisotopic (exact) mass is 338 g/mol. The molecule has 0 aromatic heterocycles. The number of hydrogen-bond acceptors (Lipinski definition) is 7. The van der Waals surface area contributed by atoms with Gasteiger partial charge in [0.2, 0.25) is 5.79 Å². The number of ether oxygens (including phenoxy) is 4. The van der Waals surface area contributed by atoms with Gasteiger partial charge in [0.15, 0.2) is 6.10 Å². The Morgan fingerprint density at radius 2 is 2.00 bits per heavy atom. The molecule has 1 N–H and O–H groups in total. The van der Waals surface area contributed by atoms with Crippen LogP contribution in [0.3, 0.4) is 0 Å². The molecule has 0 bridgehead atoms. The molecule has 0 spiro atoms. The van der Waals surface area contributed by atoms with Crippen molar-refractivity contribution in [2.75, 3.05) is 0 Å². The van der Waals surface area contributed by atoms with Crippen LogP contribution < -0.4 is 0 Å². The van der Waals surface area contributed by atoms with Crippen LogP contribution >= 0.6 is 0 Å². The van der Waals surface area contributed by atoms with E-state index in [1.807, 2.05) is 13.8 Å². The molecule has 0 aromatic carbocycles. The van der Waals surface area contributed by atoms with Crippen LogP contribution in [0.4, 0.5) is 0 Å². The molecule has 6 unspecified atom stereocenters. The number of rotatable bonds is 1. The first kappa shape index (κ1) is 16.1. The summed E-state index contributed by atoms with van der Waals surface area (Å²) in [5.41, 5.74) is -0.481. The van der Waals surface area contributed by atoms with Gasteiger partial charge in [-0.3, -0.25) is 4.79 Å². The summed E-state index contributed by atoms with van der Waals surface area (Å²) in [6.45, 7) is 6.71. The second-order valence-corrected chi connectivity index (χ2v) is 7.73. The van der Waals surface area contributed by atoms with Crippen molar-refractivity contribution < 1.29 is 33.6 Å². The Labute approximate surface area is 139 Å². The molecule has 0 radical (unpaired) electrons. The van der Waals surface area contributed by atoms with Gasteiger partial charge >= 0.3 is 11.9 Å². The van der Waals surface area contributed by atoms with Crippen LogP contribution in [0.1, 0.15) is 47.0 Å². The third-order valence-corrected chi connectivity index (χ3v) is 5.71. The first-order valence-corrected chi connectivity index (χ1v) is 8.28. The Morgan fingerprint density at radius 1 is 1.29 bits per heavy atom. The van der Waals surface area contributed by atoms with E-state index in [2.05, 4.69) is 0 Å². The predicted molar refractivity (Wildman–Crippen MR) is 79.7 cm³/mol. The molecule has 7 heteroatoms. The predicted octanol–water partition coefficient (Wildman–Crippen LogP) is 0.979. The van der Waals surface area contributed by atoms with Gasteiger partial charge in [-0.05, 0) is 33.6 Å². The molecule has 0 amide bonds. The highest BCUT2D eigenvalue weighted by atomic mass is 16.7. The van der Waals surface area contributed by atoms with Gasteiger partial charge in [-0.25, -0.2) is 4.79 Å². The van der Waals surface area contributed by atoms with E-state index in [4.69, 9.17) is 18.9 Å². The number of fused-ring (bicyclic) bond motifs is 3. The summed E-state index contributed by atoms with van der Waals surface area (Å²) >= 11 is 0. The highest BCUT2D eigenvalue weighted by molar-refractivity contribution is 5.92. The summed E-state index contributed by atoms with van der Waals surface area (Å²) in [5, 5.41) is 11.1. The molecule has 3 fully saturated rings. The zero-order chi connectivity index (χ0) is 17.5. The van der Waals surface area contributed by atoms with Crippen molar-refractivity contribution in [3.8, 4) is 0 Å². The molecule has 1 saturated carbocycles. The number of esters is 2. The normalized spacial score (nSPS) is 49.5. The molecular weight excluding hydrogens is 316 g/mol. The maximum atomic E-state index is 12.1. The molecule has 7 nitrogen and oxygen atoms in total. The molecule has 132 valence electrons. The van der Waals surface area contributed by atoms with Gasteiger partial charge < -0.3 is 24.1 Å². The number of hydrogen-bond donors (Lipinski definition) is 1. The highest BCUT2D eigenvalue weighted by Gasteiger charge is 2.68. The minimum absolute atomic E-state index is 0.00525. The summed E-state index contributed by atoms with van der Waals surface area (Å²) in [7, 11) is 0. The zero-order valence-corrected chi connectivity index (χ0v) is 14.3. The van der Waals surface area contributed by atoms with Crippen molar-refractivity contribution in [2.45, 2.75) is 82.3 Å². The quantitative estimate of drug-likeness (QED) is 0.562. The maximum absolute atomic E-state index is 12.1. The average Bonchev–Trinajstić information content (AvgIpc) is 3.27. The molecule has 24 heavy (non-hydrogen) atoms. The summed E-state index contributed by atoms with van der Waals surface area (Å²) in [5.74, 6) is -2.94. The van der Waals surface area contributed by atoms with Gasteiger partial charge in [0.1, 0.15) is 6.10 Å². The second-order valence-electron chi connectivity index (χ2n) is 7.73. The van der Waals surface area contributed by atoms with Crippen LogP contribution in [0, 0.1) is 0 Å². The second kappa shape index (κ2) is 4.59. The summed E-state index contributed by atoms with van der Waals surface area (Å²) in [4.78, 5) is 23.8. The lowest BCUT2D eigenvalue weighted by molar-refractivity contribution is -0.192. The molecule has 4 aliphatic rings. The van der Waals surface area contributed by atoms with E-state index in [1.165, 1.54) is 6.92 Å². The van der Waals surface area contributed by atoms with Crippen molar-refractivity contribution in [3.05, 3.63) is 11.1 Å². The fourth-order valence-electron chi connectivity index (χ4n) is 4.25. The van der Waals surface area contributed by atoms with E-state index in [0.717, 1.165) is 12.8 Å². The number of epoxide rings is 2. The van der Waals surface area contributed by atoms with E-state index in [-0.39, 0.29) is 23.7 Å². The van der Waals surface area contributed by atoms with Crippen molar-refractivity contribution in [3.63, 3.8) is 0 Å². The topological polar surface area (TPSA) is 97.9 Å². The van der Waals surface area contributed by atoms with Crippen LogP contribution in [0.5, 0.6) is 0 Å². The highest BCUT2D eigenvalue weighted by Crippen LogP contribution is 2.56. The summed E-state index contributed by atoms with van der Waals surface area (Å²) in [6, 6.07) is 0. The van der Waals surface area contributed by atoms with E-state index >= 15 is 0 Å². The fraction of sp³-hybridized carbons (Fsp3) is 0.765. The molecule has 6 atom stereocenters. The molecule has 3 aliphatic heterocycles. The van der Waals surface area contributed by atoms with E-state index < -0.39 is 41.1 Å². The SMILES string of the molecule is CC(=O)OC1C2=C(C)C(=O)OC2(O)CC2(C)OC2CCC2(C)OC12. The first-order chi connectivity index (χ1) is 11.1. The van der Waals surface area contributed by atoms with E-state index in [9.17, 15) is 14.7 Å². The van der Waals surface area contributed by atoms with Crippen LogP contribution in [-0.2, 0) is 28.5 Å². The van der Waals surface area contributed by atoms with Crippen LogP contribution in [0.2, 0.25) is 0 Å². The van der Waals surface area contributed by atoms with Crippen LogP contribution in [-0.4, -0.2) is 52.3 Å². The molecular formula is C17H22O7. The van der Waals surface area contributed by atoms with Crippen molar-refractivity contribution >= 4 is 11.9 Å². The maximum Gasteiger partial charge on any atom is 0.336 e. The standard InChI is InChI=1S/C17H22O7/c1-8-11-12(21-9(2)18)13-15(3,23-13)6-5-10-16(4,22-10)7-17(11,20)24-14(8)19/h10,12-13,20H,5-7H2,1-4H3. The molecule has 1 aliphatic carbocycles. The Bertz CT molecular complexity index is 670. The third kappa shape index (κ3) is 2.22. The Morgan fingerprint density at radius 3 is 2.67 bits per heavy atom. The molecule has 4 rings (SSSR count). The Balaban J connectivity index is 1.79. The number of aliphatic hydroxyl groups is 1. The van der Waals surface area contributed by atoms with Gasteiger partial charge in [0, 0.05) is 18.9 Å². The smallest absolute Gasteiger partial charge is 0.336 e. The largest absolute Gasteiger partial charge is 0.455 e. The minimum atomic E-state index is -1.84. The van der Waals surface area contributed by atoms with Crippen LogP contribution in [0.25, 0.3) is 0 Å². The minimum Gasteiger partial charge on any atom is -0.455 e. The Kier molecular flexibility index (Phi) is 3.07. The van der Waals surface area contributed by atoms with E-state index in [0.29, 0.717) is 0 Å². The zero-order valence-electron chi connectivity index (χ0n) is 14.3. The summed E-state index contributed by atoms with van der Waals surface area (Å²) in [6.07, 6.45) is 0.394. The van der Waals surface area contributed by atoms with Crippen LogP contribution in [0.15, 0.2) is 11.1 Å². The fourth-order valence-corrected chi connectivity index (χ4v) is 4.25. The molecule has 3 heterocycles. The lowest BCUT2D eigenvalue weighted by Crippen LogP contribution is -2.45. The van der Waals surface area contributed by atoms with Gasteiger partial charge in [0.05, 0.1) is 22.9 Å². The van der Waals surface area contributed by atoms with Gasteiger partial charge in [0.25, 0.3) is 0 Å². The molecule has 2 saturated heterocycles.